The first kappa shape index (κ1) is 14.5. The highest BCUT2D eigenvalue weighted by atomic mass is 32.1. The van der Waals surface area contributed by atoms with Crippen LogP contribution in [-0.2, 0) is 12.0 Å². The van der Waals surface area contributed by atoms with Gasteiger partial charge < -0.3 is 5.32 Å². The Morgan fingerprint density at radius 3 is 2.60 bits per heavy atom. The summed E-state index contributed by atoms with van der Waals surface area (Å²) < 4.78 is 4.22. The van der Waals surface area contributed by atoms with Crippen LogP contribution in [0.15, 0.2) is 12.4 Å². The molecule has 0 saturated carbocycles. The molecule has 0 unspecified atom stereocenters. The Balaban J connectivity index is 2.02. The first-order chi connectivity index (χ1) is 9.38. The largest absolute Gasteiger partial charge is 0.344 e. The molecule has 0 spiro atoms. The number of aromatic nitrogens is 4. The molecule has 1 N–H and O–H groups in total. The molecule has 2 aromatic rings. The van der Waals surface area contributed by atoms with Crippen LogP contribution in [0.5, 0.6) is 0 Å². The zero-order valence-corrected chi connectivity index (χ0v) is 12.8. The molecule has 2 heterocycles. The highest BCUT2D eigenvalue weighted by Gasteiger charge is 2.22. The molecule has 2 rings (SSSR count). The predicted molar refractivity (Wildman–Crippen MR) is 76.5 cm³/mol. The van der Waals surface area contributed by atoms with Crippen LogP contribution >= 0.6 is 11.5 Å². The summed E-state index contributed by atoms with van der Waals surface area (Å²) in [7, 11) is 0. The van der Waals surface area contributed by atoms with E-state index in [0.717, 1.165) is 22.9 Å². The van der Waals surface area contributed by atoms with Crippen molar-refractivity contribution in [2.45, 2.75) is 39.7 Å². The number of nitrogens with zero attached hydrogens (tertiary/aromatic N) is 4. The lowest BCUT2D eigenvalue weighted by Gasteiger charge is -2.12. The second-order valence-electron chi connectivity index (χ2n) is 5.44. The topological polar surface area (TPSA) is 80.7 Å². The summed E-state index contributed by atoms with van der Waals surface area (Å²) in [6.45, 7) is 8.24. The number of hydrogen-bond donors (Lipinski definition) is 1. The number of amides is 1. The normalized spacial score (nSPS) is 11.4. The third-order valence-electron chi connectivity index (χ3n) is 2.69. The van der Waals surface area contributed by atoms with Crippen molar-refractivity contribution in [2.24, 2.45) is 0 Å². The van der Waals surface area contributed by atoms with Gasteiger partial charge in [0.25, 0.3) is 5.91 Å². The van der Waals surface area contributed by atoms with Crippen molar-refractivity contribution >= 4 is 17.4 Å². The van der Waals surface area contributed by atoms with Crippen LogP contribution in [0.3, 0.4) is 0 Å². The minimum absolute atomic E-state index is 0.156. The first-order valence-corrected chi connectivity index (χ1v) is 7.04. The summed E-state index contributed by atoms with van der Waals surface area (Å²) in [4.78, 5) is 24.6. The fourth-order valence-corrected chi connectivity index (χ4v) is 2.24. The van der Waals surface area contributed by atoms with Gasteiger partial charge in [-0.15, -0.1) is 0 Å². The van der Waals surface area contributed by atoms with E-state index in [0.29, 0.717) is 17.4 Å². The molecule has 0 atom stereocenters. The number of nitrogens with one attached hydrogen (secondary N) is 1. The van der Waals surface area contributed by atoms with Gasteiger partial charge >= 0.3 is 0 Å². The molecule has 0 radical (unpaired) electrons. The molecule has 0 saturated heterocycles. The van der Waals surface area contributed by atoms with Gasteiger partial charge in [-0.3, -0.25) is 14.8 Å². The van der Waals surface area contributed by atoms with E-state index in [9.17, 15) is 4.79 Å². The number of carbonyl (C=O) groups excluding carboxylic acids is 1. The van der Waals surface area contributed by atoms with Gasteiger partial charge in [0.2, 0.25) is 5.01 Å². The number of carbonyl (C=O) groups is 1. The second kappa shape index (κ2) is 5.62. The molecule has 0 fully saturated rings. The number of hydrogen-bond acceptors (Lipinski definition) is 6. The van der Waals surface area contributed by atoms with Gasteiger partial charge in [0, 0.05) is 17.8 Å². The lowest BCUT2D eigenvalue weighted by Crippen LogP contribution is -2.24. The molecule has 0 aliphatic heterocycles. The summed E-state index contributed by atoms with van der Waals surface area (Å²) in [6, 6.07) is 0. The zero-order valence-electron chi connectivity index (χ0n) is 12.0. The third-order valence-corrected chi connectivity index (χ3v) is 3.40. The van der Waals surface area contributed by atoms with Crippen molar-refractivity contribution < 1.29 is 4.79 Å². The molecule has 2 aromatic heterocycles. The van der Waals surface area contributed by atoms with E-state index in [4.69, 9.17) is 0 Å². The highest BCUT2D eigenvalue weighted by molar-refractivity contribution is 7.07. The Bertz CT molecular complexity index is 617. The van der Waals surface area contributed by atoms with Crippen LogP contribution in [0.4, 0.5) is 0 Å². The van der Waals surface area contributed by atoms with Gasteiger partial charge in [-0.1, -0.05) is 20.8 Å². The summed E-state index contributed by atoms with van der Waals surface area (Å²) in [6.07, 6.45) is 3.23. The average molecular weight is 291 g/mol. The molecule has 0 aliphatic carbocycles. The molecule has 20 heavy (non-hydrogen) atoms. The van der Waals surface area contributed by atoms with Gasteiger partial charge in [0.05, 0.1) is 17.9 Å². The van der Waals surface area contributed by atoms with Gasteiger partial charge in [0.15, 0.2) is 0 Å². The molecule has 1 amide bonds. The molecule has 0 aliphatic rings. The fourth-order valence-electron chi connectivity index (χ4n) is 1.47. The minimum atomic E-state index is -0.233. The Hall–Kier alpha value is -1.89. The fraction of sp³-hybridized carbons (Fsp3) is 0.462. The summed E-state index contributed by atoms with van der Waals surface area (Å²) in [5.41, 5.74) is 1.40. The van der Waals surface area contributed by atoms with E-state index in [1.165, 1.54) is 0 Å². The highest BCUT2D eigenvalue weighted by Crippen LogP contribution is 2.20. The van der Waals surface area contributed by atoms with Crippen molar-refractivity contribution in [3.63, 3.8) is 0 Å². The molecule has 7 heteroatoms. The van der Waals surface area contributed by atoms with E-state index in [2.05, 4.69) is 24.6 Å². The number of rotatable bonds is 3. The molecule has 0 aromatic carbocycles. The van der Waals surface area contributed by atoms with Crippen LogP contribution < -0.4 is 5.32 Å². The summed E-state index contributed by atoms with van der Waals surface area (Å²) in [5, 5.41) is 3.16. The first-order valence-electron chi connectivity index (χ1n) is 6.27. The average Bonchev–Trinajstić information content (AvgIpc) is 2.87. The van der Waals surface area contributed by atoms with Crippen LogP contribution in [0, 0.1) is 6.92 Å². The maximum Gasteiger partial charge on any atom is 0.282 e. The van der Waals surface area contributed by atoms with Crippen LogP contribution in [-0.4, -0.2) is 25.2 Å². The van der Waals surface area contributed by atoms with Crippen molar-refractivity contribution in [2.75, 3.05) is 0 Å². The van der Waals surface area contributed by atoms with Gasteiger partial charge in [-0.2, -0.15) is 4.37 Å². The maximum absolute atomic E-state index is 12.0. The monoisotopic (exact) mass is 291 g/mol. The van der Waals surface area contributed by atoms with Crippen molar-refractivity contribution in [3.05, 3.63) is 34.6 Å². The molecule has 106 valence electrons. The lowest BCUT2D eigenvalue weighted by atomic mass is 9.96. The smallest absolute Gasteiger partial charge is 0.282 e. The Morgan fingerprint density at radius 1 is 1.30 bits per heavy atom. The third kappa shape index (κ3) is 3.36. The van der Waals surface area contributed by atoms with Gasteiger partial charge in [-0.05, 0) is 18.5 Å². The van der Waals surface area contributed by atoms with Crippen LogP contribution in [0.2, 0.25) is 0 Å². The standard InChI is InChI=1S/C13H17N5OS/c1-8-9(15-6-5-14-8)7-16-10(19)11-17-12(18-20-11)13(2,3)4/h5-6H,7H2,1-4H3,(H,16,19). The summed E-state index contributed by atoms with van der Waals surface area (Å²) >= 11 is 1.11. The maximum atomic E-state index is 12.0. The lowest BCUT2D eigenvalue weighted by molar-refractivity contribution is 0.0949. The van der Waals surface area contributed by atoms with Crippen molar-refractivity contribution in [3.8, 4) is 0 Å². The minimum Gasteiger partial charge on any atom is -0.344 e. The Kier molecular flexibility index (Phi) is 4.08. The van der Waals surface area contributed by atoms with E-state index >= 15 is 0 Å². The van der Waals surface area contributed by atoms with E-state index in [-0.39, 0.29) is 11.3 Å². The Morgan fingerprint density at radius 2 is 2.00 bits per heavy atom. The van der Waals surface area contributed by atoms with Crippen LogP contribution in [0.25, 0.3) is 0 Å². The van der Waals surface area contributed by atoms with E-state index in [1.807, 2.05) is 27.7 Å². The zero-order chi connectivity index (χ0) is 14.8. The van der Waals surface area contributed by atoms with E-state index in [1.54, 1.807) is 12.4 Å². The predicted octanol–water partition coefficient (Wildman–Crippen LogP) is 1.86. The molecule has 6 nitrogen and oxygen atoms in total. The van der Waals surface area contributed by atoms with Crippen molar-refractivity contribution in [1.29, 1.82) is 0 Å². The molecule has 0 bridgehead atoms. The van der Waals surface area contributed by atoms with Gasteiger partial charge in [-0.25, -0.2) is 4.98 Å². The summed E-state index contributed by atoms with van der Waals surface area (Å²) in [5.74, 6) is 0.450. The molecular formula is C13H17N5OS. The molecular weight excluding hydrogens is 274 g/mol. The quantitative estimate of drug-likeness (QED) is 0.933. The second-order valence-corrected chi connectivity index (χ2v) is 6.20. The van der Waals surface area contributed by atoms with E-state index < -0.39 is 0 Å². The Labute approximate surface area is 121 Å². The van der Waals surface area contributed by atoms with Gasteiger partial charge in [0.1, 0.15) is 5.82 Å². The van der Waals surface area contributed by atoms with Crippen LogP contribution in [0.1, 0.15) is 47.8 Å². The SMILES string of the molecule is Cc1nccnc1CNC(=O)c1nc(C(C)(C)C)ns1. The van der Waals surface area contributed by atoms with Crippen molar-refractivity contribution in [1.82, 2.24) is 24.6 Å². The number of aryl methyl sites for hydroxylation is 1.